The van der Waals surface area contributed by atoms with Crippen LogP contribution in [0.4, 0.5) is 10.2 Å². The molecule has 3 N–H and O–H groups in total. The van der Waals surface area contributed by atoms with Crippen molar-refractivity contribution in [1.29, 1.82) is 0 Å². The summed E-state index contributed by atoms with van der Waals surface area (Å²) in [6.07, 6.45) is 0. The molecule has 1 atom stereocenters. The van der Waals surface area contributed by atoms with E-state index in [1.165, 1.54) is 37.1 Å². The predicted octanol–water partition coefficient (Wildman–Crippen LogP) is 3.91. The molecule has 164 valence electrons. The second-order valence-electron chi connectivity index (χ2n) is 7.20. The third-order valence-corrected chi connectivity index (χ3v) is 6.07. The Bertz CT molecular complexity index is 1290. The van der Waals surface area contributed by atoms with Crippen molar-refractivity contribution in [2.75, 3.05) is 12.4 Å². The number of anilines is 1. The summed E-state index contributed by atoms with van der Waals surface area (Å²) in [5.74, 6) is -1.12. The number of fused-ring (bicyclic) bond motifs is 1. The van der Waals surface area contributed by atoms with Crippen LogP contribution >= 0.6 is 11.8 Å². The maximum absolute atomic E-state index is 13.9. The van der Waals surface area contributed by atoms with Gasteiger partial charge in [-0.05, 0) is 36.2 Å². The Hall–Kier alpha value is -3.59. The van der Waals surface area contributed by atoms with Gasteiger partial charge in [0.2, 0.25) is 0 Å². The molecule has 2 heterocycles. The van der Waals surface area contributed by atoms with Crippen LogP contribution in [0.1, 0.15) is 29.5 Å². The number of methoxy groups -OCH3 is 1. The number of hydrogen-bond acceptors (Lipinski definition) is 7. The second kappa shape index (κ2) is 8.88. The quantitative estimate of drug-likeness (QED) is 0.306. The molecule has 7 nitrogen and oxygen atoms in total. The lowest BCUT2D eigenvalue weighted by Crippen LogP contribution is -2.30. The van der Waals surface area contributed by atoms with Crippen LogP contribution in [0, 0.1) is 5.82 Å². The minimum absolute atomic E-state index is 0.00547. The first-order valence-electron chi connectivity index (χ1n) is 9.74. The standard InChI is InChI=1S/C23H20FN3O4S/c1-12-17(22(30)31-2)18(13-7-5-8-15(28)10-13)19-20(25-12)26-23(27-21(19)29)32-11-14-6-3-4-9-16(14)24/h3-10,18,28H,11H2,1-2H3,(H2,25,26,27,29). The summed E-state index contributed by atoms with van der Waals surface area (Å²) in [5.41, 5.74) is 1.57. The summed E-state index contributed by atoms with van der Waals surface area (Å²) in [7, 11) is 1.27. The zero-order valence-electron chi connectivity index (χ0n) is 17.3. The molecule has 0 saturated heterocycles. The van der Waals surface area contributed by atoms with Crippen molar-refractivity contribution in [3.05, 3.63) is 92.7 Å². The number of carbonyl (C=O) groups is 1. The molecule has 32 heavy (non-hydrogen) atoms. The Balaban J connectivity index is 1.77. The number of hydrogen-bond donors (Lipinski definition) is 3. The number of nitrogens with one attached hydrogen (secondary N) is 2. The number of aromatic nitrogens is 2. The first kappa shape index (κ1) is 21.6. The number of phenolic OH excluding ortho intramolecular Hbond substituents is 1. The Morgan fingerprint density at radius 3 is 2.75 bits per heavy atom. The van der Waals surface area contributed by atoms with Crippen LogP contribution in [-0.4, -0.2) is 28.2 Å². The highest BCUT2D eigenvalue weighted by molar-refractivity contribution is 7.98. The second-order valence-corrected chi connectivity index (χ2v) is 8.16. The molecule has 0 amide bonds. The summed E-state index contributed by atoms with van der Waals surface area (Å²) >= 11 is 1.19. The van der Waals surface area contributed by atoms with Crippen molar-refractivity contribution < 1.29 is 19.0 Å². The zero-order valence-corrected chi connectivity index (χ0v) is 18.1. The number of esters is 1. The highest BCUT2D eigenvalue weighted by Gasteiger charge is 2.36. The van der Waals surface area contributed by atoms with E-state index in [0.29, 0.717) is 27.8 Å². The van der Waals surface area contributed by atoms with E-state index in [4.69, 9.17) is 4.74 Å². The van der Waals surface area contributed by atoms with Gasteiger partial charge in [0.1, 0.15) is 17.4 Å². The number of phenols is 1. The highest BCUT2D eigenvalue weighted by atomic mass is 32.2. The van der Waals surface area contributed by atoms with Crippen molar-refractivity contribution in [1.82, 2.24) is 9.97 Å². The third kappa shape index (κ3) is 4.11. The number of H-pyrrole nitrogens is 1. The van der Waals surface area contributed by atoms with Gasteiger partial charge in [-0.2, -0.15) is 0 Å². The molecule has 0 radical (unpaired) electrons. The van der Waals surface area contributed by atoms with Gasteiger partial charge in [0.15, 0.2) is 5.16 Å². The number of aromatic amines is 1. The maximum Gasteiger partial charge on any atom is 0.336 e. The van der Waals surface area contributed by atoms with Crippen LogP contribution < -0.4 is 10.9 Å². The minimum Gasteiger partial charge on any atom is -0.508 e. The average Bonchev–Trinajstić information content (AvgIpc) is 2.77. The van der Waals surface area contributed by atoms with Gasteiger partial charge < -0.3 is 20.1 Å². The van der Waals surface area contributed by atoms with Gasteiger partial charge in [0, 0.05) is 11.4 Å². The average molecular weight is 453 g/mol. The number of halogens is 1. The number of ether oxygens (including phenoxy) is 1. The third-order valence-electron chi connectivity index (χ3n) is 5.15. The smallest absolute Gasteiger partial charge is 0.336 e. The fourth-order valence-electron chi connectivity index (χ4n) is 3.68. The minimum atomic E-state index is -0.785. The molecule has 2 aromatic carbocycles. The number of benzene rings is 2. The van der Waals surface area contributed by atoms with Crippen molar-refractivity contribution >= 4 is 23.5 Å². The molecule has 0 saturated carbocycles. The van der Waals surface area contributed by atoms with Gasteiger partial charge >= 0.3 is 5.97 Å². The van der Waals surface area contributed by atoms with Gasteiger partial charge in [-0.25, -0.2) is 14.2 Å². The van der Waals surface area contributed by atoms with Gasteiger partial charge in [-0.1, -0.05) is 42.1 Å². The lowest BCUT2D eigenvalue weighted by atomic mass is 9.82. The van der Waals surface area contributed by atoms with Crippen molar-refractivity contribution in [2.24, 2.45) is 0 Å². The summed E-state index contributed by atoms with van der Waals surface area (Å²) in [4.78, 5) is 32.9. The SMILES string of the molecule is COC(=O)C1=C(C)Nc2nc(SCc3ccccc3F)[nH]c(=O)c2C1c1cccc(O)c1. The van der Waals surface area contributed by atoms with Gasteiger partial charge in [0.25, 0.3) is 5.56 Å². The fraction of sp³-hybridized carbons (Fsp3) is 0.174. The number of allylic oxidation sites excluding steroid dienone is 1. The van der Waals surface area contributed by atoms with Crippen molar-refractivity contribution in [2.45, 2.75) is 23.8 Å². The lowest BCUT2D eigenvalue weighted by molar-refractivity contribution is -0.136. The van der Waals surface area contributed by atoms with Gasteiger partial charge in [-0.15, -0.1) is 0 Å². The Morgan fingerprint density at radius 2 is 2.03 bits per heavy atom. The Morgan fingerprint density at radius 1 is 1.25 bits per heavy atom. The van der Waals surface area contributed by atoms with E-state index in [1.807, 2.05) is 0 Å². The molecule has 0 bridgehead atoms. The first-order chi connectivity index (χ1) is 15.4. The zero-order chi connectivity index (χ0) is 22.8. The van der Waals surface area contributed by atoms with E-state index in [9.17, 15) is 19.1 Å². The monoisotopic (exact) mass is 453 g/mol. The van der Waals surface area contributed by atoms with Crippen molar-refractivity contribution in [3.63, 3.8) is 0 Å². The van der Waals surface area contributed by atoms with E-state index in [-0.39, 0.29) is 28.5 Å². The number of thioether (sulfide) groups is 1. The molecular weight excluding hydrogens is 433 g/mol. The molecule has 4 rings (SSSR count). The van der Waals surface area contributed by atoms with Crippen LogP contribution in [0.5, 0.6) is 5.75 Å². The number of nitrogens with zero attached hydrogens (tertiary/aromatic N) is 1. The van der Waals surface area contributed by atoms with Crippen LogP contribution in [0.2, 0.25) is 0 Å². The Labute approximate surface area is 187 Å². The van der Waals surface area contributed by atoms with E-state index < -0.39 is 17.4 Å². The largest absolute Gasteiger partial charge is 0.508 e. The van der Waals surface area contributed by atoms with E-state index >= 15 is 0 Å². The molecule has 1 aliphatic rings. The molecule has 0 aliphatic carbocycles. The molecule has 1 aliphatic heterocycles. The lowest BCUT2D eigenvalue weighted by Gasteiger charge is -2.28. The normalized spacial score (nSPS) is 15.2. The van der Waals surface area contributed by atoms with E-state index in [2.05, 4.69) is 15.3 Å². The molecule has 0 spiro atoms. The fourth-order valence-corrected chi connectivity index (χ4v) is 4.53. The molecule has 1 aromatic heterocycles. The van der Waals surface area contributed by atoms with Crippen molar-refractivity contribution in [3.8, 4) is 5.75 Å². The van der Waals surface area contributed by atoms with Crippen LogP contribution in [0.15, 0.2) is 69.8 Å². The summed E-state index contributed by atoms with van der Waals surface area (Å²) < 4.78 is 18.9. The number of rotatable bonds is 5. The van der Waals surface area contributed by atoms with E-state index in [1.54, 1.807) is 37.3 Å². The predicted molar refractivity (Wildman–Crippen MR) is 119 cm³/mol. The highest BCUT2D eigenvalue weighted by Crippen LogP contribution is 2.40. The molecule has 1 unspecified atom stereocenters. The van der Waals surface area contributed by atoms with Crippen LogP contribution in [-0.2, 0) is 15.3 Å². The maximum atomic E-state index is 13.9. The van der Waals surface area contributed by atoms with Crippen LogP contribution in [0.3, 0.4) is 0 Å². The van der Waals surface area contributed by atoms with E-state index in [0.717, 1.165) is 0 Å². The van der Waals surface area contributed by atoms with Gasteiger partial charge in [-0.3, -0.25) is 4.79 Å². The summed E-state index contributed by atoms with van der Waals surface area (Å²) in [6, 6.07) is 12.8. The summed E-state index contributed by atoms with van der Waals surface area (Å²) in [5, 5.41) is 13.3. The first-order valence-corrected chi connectivity index (χ1v) is 10.7. The molecular formula is C23H20FN3O4S. The van der Waals surface area contributed by atoms with Gasteiger partial charge in [0.05, 0.1) is 24.2 Å². The molecule has 0 fully saturated rings. The summed E-state index contributed by atoms with van der Waals surface area (Å²) in [6.45, 7) is 1.69. The van der Waals surface area contributed by atoms with Crippen LogP contribution in [0.25, 0.3) is 0 Å². The number of aromatic hydroxyl groups is 1. The molecule has 3 aromatic rings. The number of carbonyl (C=O) groups excluding carboxylic acids is 1. The Kier molecular flexibility index (Phi) is 6.00. The topological polar surface area (TPSA) is 104 Å². The molecule has 9 heteroatoms.